The molecule has 3 nitrogen and oxygen atoms in total. The fourth-order valence-electron chi connectivity index (χ4n) is 3.40. The van der Waals surface area contributed by atoms with Gasteiger partial charge >= 0.3 is 0 Å². The fraction of sp³-hybridized carbons (Fsp3) is 0.600. The summed E-state index contributed by atoms with van der Waals surface area (Å²) in [6.07, 6.45) is 2.37. The SMILES string of the molecule is CCC1C2N=NCC2CCN1c1ccccc1C. The van der Waals surface area contributed by atoms with Crippen molar-refractivity contribution in [3.8, 4) is 0 Å². The largest absolute Gasteiger partial charge is 0.366 e. The van der Waals surface area contributed by atoms with E-state index in [0.29, 0.717) is 18.0 Å². The second-order valence-electron chi connectivity index (χ2n) is 5.43. The number of rotatable bonds is 2. The van der Waals surface area contributed by atoms with Crippen LogP contribution in [0.25, 0.3) is 0 Å². The van der Waals surface area contributed by atoms with E-state index in [1.54, 1.807) is 0 Å². The molecule has 1 saturated heterocycles. The first-order valence-corrected chi connectivity index (χ1v) is 7.00. The standard InChI is InChI=1S/C15H21N3/c1-3-13-15-12(10-16-17-15)8-9-18(13)14-7-5-4-6-11(14)2/h4-7,12-13,15H,3,8-10H2,1-2H3. The molecule has 0 radical (unpaired) electrons. The molecule has 0 bridgehead atoms. The third-order valence-corrected chi connectivity index (χ3v) is 4.39. The Labute approximate surface area is 109 Å². The van der Waals surface area contributed by atoms with E-state index in [-0.39, 0.29) is 0 Å². The first-order valence-electron chi connectivity index (χ1n) is 7.00. The number of hydrogen-bond donors (Lipinski definition) is 0. The minimum absolute atomic E-state index is 0.420. The molecule has 0 N–H and O–H groups in total. The molecule has 0 aliphatic carbocycles. The van der Waals surface area contributed by atoms with Crippen LogP contribution in [0.4, 0.5) is 5.69 Å². The number of fused-ring (bicyclic) bond motifs is 1. The lowest BCUT2D eigenvalue weighted by atomic mass is 9.85. The molecule has 96 valence electrons. The summed E-state index contributed by atoms with van der Waals surface area (Å²) in [4.78, 5) is 2.56. The Morgan fingerprint density at radius 2 is 2.17 bits per heavy atom. The van der Waals surface area contributed by atoms with Gasteiger partial charge in [0.1, 0.15) is 0 Å². The van der Waals surface area contributed by atoms with E-state index in [1.165, 1.54) is 17.7 Å². The minimum Gasteiger partial charge on any atom is -0.366 e. The van der Waals surface area contributed by atoms with Gasteiger partial charge in [-0.3, -0.25) is 0 Å². The monoisotopic (exact) mass is 243 g/mol. The van der Waals surface area contributed by atoms with Crippen LogP contribution in [0, 0.1) is 12.8 Å². The minimum atomic E-state index is 0.420. The Hall–Kier alpha value is -1.38. The zero-order valence-electron chi connectivity index (χ0n) is 11.2. The number of azo groups is 1. The van der Waals surface area contributed by atoms with Gasteiger partial charge in [0.25, 0.3) is 0 Å². The summed E-state index contributed by atoms with van der Waals surface area (Å²) in [5.41, 5.74) is 2.74. The summed E-state index contributed by atoms with van der Waals surface area (Å²) in [6.45, 7) is 6.56. The van der Waals surface area contributed by atoms with E-state index < -0.39 is 0 Å². The number of nitrogens with zero attached hydrogens (tertiary/aromatic N) is 3. The van der Waals surface area contributed by atoms with Gasteiger partial charge in [0, 0.05) is 18.2 Å². The molecule has 1 aromatic carbocycles. The van der Waals surface area contributed by atoms with Crippen molar-refractivity contribution >= 4 is 5.69 Å². The van der Waals surface area contributed by atoms with Crippen molar-refractivity contribution < 1.29 is 0 Å². The van der Waals surface area contributed by atoms with Gasteiger partial charge in [0.15, 0.2) is 0 Å². The van der Waals surface area contributed by atoms with Crippen LogP contribution in [0.15, 0.2) is 34.5 Å². The van der Waals surface area contributed by atoms with Gasteiger partial charge < -0.3 is 4.90 Å². The van der Waals surface area contributed by atoms with Crippen molar-refractivity contribution in [3.63, 3.8) is 0 Å². The van der Waals surface area contributed by atoms with E-state index in [1.807, 2.05) is 0 Å². The van der Waals surface area contributed by atoms with Gasteiger partial charge in [-0.05, 0) is 31.4 Å². The molecule has 2 heterocycles. The van der Waals surface area contributed by atoms with E-state index in [9.17, 15) is 0 Å². The quantitative estimate of drug-likeness (QED) is 0.782. The lowest BCUT2D eigenvalue weighted by Crippen LogP contribution is -2.51. The maximum atomic E-state index is 4.50. The highest BCUT2D eigenvalue weighted by Gasteiger charge is 2.39. The molecule has 0 saturated carbocycles. The molecular formula is C15H21N3. The van der Waals surface area contributed by atoms with Crippen LogP contribution in [0.1, 0.15) is 25.3 Å². The average molecular weight is 243 g/mol. The van der Waals surface area contributed by atoms with Gasteiger partial charge in [-0.15, -0.1) is 0 Å². The summed E-state index contributed by atoms with van der Waals surface area (Å²) in [5, 5.41) is 8.77. The lowest BCUT2D eigenvalue weighted by molar-refractivity contribution is 0.319. The van der Waals surface area contributed by atoms with Gasteiger partial charge in [-0.2, -0.15) is 10.2 Å². The molecule has 3 rings (SSSR count). The van der Waals surface area contributed by atoms with Crippen molar-refractivity contribution in [2.24, 2.45) is 16.1 Å². The van der Waals surface area contributed by atoms with Crippen molar-refractivity contribution in [1.82, 2.24) is 0 Å². The average Bonchev–Trinajstić information content (AvgIpc) is 2.86. The molecule has 1 fully saturated rings. The lowest BCUT2D eigenvalue weighted by Gasteiger charge is -2.42. The van der Waals surface area contributed by atoms with Crippen LogP contribution in [-0.4, -0.2) is 25.2 Å². The summed E-state index contributed by atoms with van der Waals surface area (Å²) in [7, 11) is 0. The first kappa shape index (κ1) is 11.7. The molecule has 1 aromatic rings. The molecule has 2 aliphatic heterocycles. The van der Waals surface area contributed by atoms with Crippen LogP contribution in [-0.2, 0) is 0 Å². The van der Waals surface area contributed by atoms with Crippen LogP contribution in [0.2, 0.25) is 0 Å². The van der Waals surface area contributed by atoms with E-state index in [2.05, 4.69) is 53.2 Å². The van der Waals surface area contributed by atoms with Crippen LogP contribution in [0.5, 0.6) is 0 Å². The molecule has 0 aromatic heterocycles. The van der Waals surface area contributed by atoms with Crippen molar-refractivity contribution in [3.05, 3.63) is 29.8 Å². The number of anilines is 1. The predicted molar refractivity (Wildman–Crippen MR) is 74.2 cm³/mol. The van der Waals surface area contributed by atoms with Crippen molar-refractivity contribution in [2.45, 2.75) is 38.8 Å². The van der Waals surface area contributed by atoms with Crippen LogP contribution in [0.3, 0.4) is 0 Å². The number of hydrogen-bond acceptors (Lipinski definition) is 3. The number of piperidine rings is 1. The maximum absolute atomic E-state index is 4.50. The molecule has 0 amide bonds. The van der Waals surface area contributed by atoms with E-state index >= 15 is 0 Å². The molecule has 0 spiro atoms. The van der Waals surface area contributed by atoms with Crippen LogP contribution >= 0.6 is 0 Å². The Kier molecular flexibility index (Phi) is 3.06. The van der Waals surface area contributed by atoms with Crippen molar-refractivity contribution in [2.75, 3.05) is 18.0 Å². The van der Waals surface area contributed by atoms with Gasteiger partial charge in [0.2, 0.25) is 0 Å². The molecular weight excluding hydrogens is 222 g/mol. The van der Waals surface area contributed by atoms with Gasteiger partial charge in [-0.25, -0.2) is 0 Å². The fourth-order valence-corrected chi connectivity index (χ4v) is 3.40. The Balaban J connectivity index is 1.92. The van der Waals surface area contributed by atoms with E-state index in [4.69, 9.17) is 0 Å². The molecule has 18 heavy (non-hydrogen) atoms. The Morgan fingerprint density at radius 3 is 2.94 bits per heavy atom. The van der Waals surface area contributed by atoms with Crippen LogP contribution < -0.4 is 4.90 Å². The number of aryl methyl sites for hydroxylation is 1. The second-order valence-corrected chi connectivity index (χ2v) is 5.43. The Bertz CT molecular complexity index is 455. The summed E-state index contributed by atoms with van der Waals surface area (Å²) < 4.78 is 0. The first-order chi connectivity index (χ1) is 8.81. The highest BCUT2D eigenvalue weighted by Crippen LogP contribution is 2.36. The highest BCUT2D eigenvalue weighted by molar-refractivity contribution is 5.54. The summed E-state index contributed by atoms with van der Waals surface area (Å²) >= 11 is 0. The second kappa shape index (κ2) is 4.71. The third kappa shape index (κ3) is 1.82. The third-order valence-electron chi connectivity index (χ3n) is 4.39. The highest BCUT2D eigenvalue weighted by atomic mass is 15.3. The summed E-state index contributed by atoms with van der Waals surface area (Å²) in [6, 6.07) is 9.63. The number of benzene rings is 1. The molecule has 3 heteroatoms. The van der Waals surface area contributed by atoms with E-state index in [0.717, 1.165) is 19.5 Å². The predicted octanol–water partition coefficient (Wildman–Crippen LogP) is 3.43. The van der Waals surface area contributed by atoms with Crippen molar-refractivity contribution in [1.29, 1.82) is 0 Å². The molecule has 3 unspecified atom stereocenters. The number of para-hydroxylation sites is 1. The maximum Gasteiger partial charge on any atom is 0.0957 e. The zero-order chi connectivity index (χ0) is 12.5. The smallest absolute Gasteiger partial charge is 0.0957 e. The normalized spacial score (nSPS) is 30.6. The topological polar surface area (TPSA) is 28.0 Å². The molecule has 2 aliphatic rings. The van der Waals surface area contributed by atoms with Gasteiger partial charge in [0.05, 0.1) is 18.6 Å². The molecule has 3 atom stereocenters. The van der Waals surface area contributed by atoms with Gasteiger partial charge in [-0.1, -0.05) is 25.1 Å². The Morgan fingerprint density at radius 1 is 1.33 bits per heavy atom. The summed E-state index contributed by atoms with van der Waals surface area (Å²) in [5.74, 6) is 0.690. The zero-order valence-corrected chi connectivity index (χ0v) is 11.2.